The van der Waals surface area contributed by atoms with E-state index in [1.165, 1.54) is 4.90 Å². The summed E-state index contributed by atoms with van der Waals surface area (Å²) in [7, 11) is 0. The van der Waals surface area contributed by atoms with Crippen LogP contribution in [0.5, 0.6) is 0 Å². The standard InChI is InChI=1S/C16H17F6NO2/c1-2-13(24)23-8-4-3-5-10-9-11(6-7-12(10)23)14(25,15(17,18)19)16(20,21)22/h6-7,9,25H,2-5,8H2,1H3. The maximum atomic E-state index is 13.0. The van der Waals surface area contributed by atoms with Crippen molar-refractivity contribution in [1.29, 1.82) is 0 Å². The highest BCUT2D eigenvalue weighted by Gasteiger charge is 2.71. The molecule has 0 fully saturated rings. The highest BCUT2D eigenvalue weighted by atomic mass is 19.4. The maximum absolute atomic E-state index is 13.0. The summed E-state index contributed by atoms with van der Waals surface area (Å²) in [6.07, 6.45) is -10.4. The lowest BCUT2D eigenvalue weighted by Crippen LogP contribution is -2.54. The van der Waals surface area contributed by atoms with E-state index >= 15 is 0 Å². The van der Waals surface area contributed by atoms with Crippen LogP contribution in [0.3, 0.4) is 0 Å². The number of benzene rings is 1. The van der Waals surface area contributed by atoms with Crippen LogP contribution in [0.15, 0.2) is 18.2 Å². The van der Waals surface area contributed by atoms with Gasteiger partial charge in [-0.2, -0.15) is 26.3 Å². The van der Waals surface area contributed by atoms with Gasteiger partial charge in [-0.15, -0.1) is 0 Å². The molecule has 25 heavy (non-hydrogen) atoms. The molecule has 0 saturated heterocycles. The minimum atomic E-state index is -5.93. The highest BCUT2D eigenvalue weighted by molar-refractivity contribution is 5.94. The summed E-state index contributed by atoms with van der Waals surface area (Å²) in [6.45, 7) is 1.97. The molecule has 0 saturated carbocycles. The number of hydrogen-bond donors (Lipinski definition) is 1. The molecule has 140 valence electrons. The molecule has 0 aliphatic carbocycles. The van der Waals surface area contributed by atoms with Crippen LogP contribution >= 0.6 is 0 Å². The molecule has 0 bridgehead atoms. The topological polar surface area (TPSA) is 40.5 Å². The van der Waals surface area contributed by atoms with Gasteiger partial charge in [0.1, 0.15) is 0 Å². The average molecular weight is 369 g/mol. The first-order chi connectivity index (χ1) is 11.4. The van der Waals surface area contributed by atoms with Crippen LogP contribution in [-0.2, 0) is 16.8 Å². The first kappa shape index (κ1) is 19.6. The fraction of sp³-hybridized carbons (Fsp3) is 0.562. The molecule has 0 spiro atoms. The van der Waals surface area contributed by atoms with E-state index in [0.29, 0.717) is 37.2 Å². The van der Waals surface area contributed by atoms with E-state index in [9.17, 15) is 36.2 Å². The lowest BCUT2D eigenvalue weighted by atomic mass is 9.89. The van der Waals surface area contributed by atoms with Crippen molar-refractivity contribution in [3.8, 4) is 0 Å². The predicted octanol–water partition coefficient (Wildman–Crippen LogP) is 4.08. The molecule has 0 atom stereocenters. The van der Waals surface area contributed by atoms with Gasteiger partial charge in [0.15, 0.2) is 0 Å². The predicted molar refractivity (Wildman–Crippen MR) is 78.0 cm³/mol. The van der Waals surface area contributed by atoms with Gasteiger partial charge in [-0.1, -0.05) is 19.1 Å². The second-order valence-corrected chi connectivity index (χ2v) is 5.91. The van der Waals surface area contributed by atoms with Gasteiger partial charge in [0.25, 0.3) is 5.60 Å². The van der Waals surface area contributed by atoms with Crippen LogP contribution in [0.25, 0.3) is 0 Å². The Bertz CT molecular complexity index is 639. The number of alkyl halides is 6. The molecule has 0 unspecified atom stereocenters. The normalized spacial score (nSPS) is 16.4. The molecule has 1 amide bonds. The summed E-state index contributed by atoms with van der Waals surface area (Å²) in [5.41, 5.74) is -5.78. The molecule has 0 radical (unpaired) electrons. The number of carbonyl (C=O) groups excluding carboxylic acids is 1. The van der Waals surface area contributed by atoms with E-state index in [0.717, 1.165) is 6.07 Å². The van der Waals surface area contributed by atoms with Gasteiger partial charge < -0.3 is 10.0 Å². The molecular formula is C16H17F6NO2. The molecule has 1 aliphatic rings. The SMILES string of the molecule is CCC(=O)N1CCCCc2cc(C(O)(C(F)(F)F)C(F)(F)F)ccc21. The zero-order valence-electron chi connectivity index (χ0n) is 13.3. The number of halogens is 6. The Balaban J connectivity index is 2.60. The number of aliphatic hydroxyl groups is 1. The molecule has 1 N–H and O–H groups in total. The Morgan fingerprint density at radius 1 is 1.12 bits per heavy atom. The second-order valence-electron chi connectivity index (χ2n) is 5.91. The third-order valence-electron chi connectivity index (χ3n) is 4.29. The fourth-order valence-corrected chi connectivity index (χ4v) is 2.92. The number of rotatable bonds is 2. The van der Waals surface area contributed by atoms with E-state index < -0.39 is 23.5 Å². The molecule has 1 aromatic rings. The number of nitrogens with zero attached hydrogens (tertiary/aromatic N) is 1. The zero-order valence-corrected chi connectivity index (χ0v) is 13.3. The van der Waals surface area contributed by atoms with Crippen molar-refractivity contribution in [2.75, 3.05) is 11.4 Å². The van der Waals surface area contributed by atoms with Crippen LogP contribution in [0.1, 0.15) is 37.3 Å². The molecule has 1 heterocycles. The summed E-state index contributed by atoms with van der Waals surface area (Å²) in [4.78, 5) is 13.4. The fourth-order valence-electron chi connectivity index (χ4n) is 2.92. The molecule has 0 aromatic heterocycles. The minimum absolute atomic E-state index is 0.163. The third-order valence-corrected chi connectivity index (χ3v) is 4.29. The Labute approximate surface area is 140 Å². The van der Waals surface area contributed by atoms with Gasteiger partial charge in [0, 0.05) is 24.2 Å². The van der Waals surface area contributed by atoms with Crippen molar-refractivity contribution in [1.82, 2.24) is 0 Å². The van der Waals surface area contributed by atoms with Crippen molar-refractivity contribution >= 4 is 11.6 Å². The lowest BCUT2D eigenvalue weighted by molar-refractivity contribution is -0.376. The largest absolute Gasteiger partial charge is 0.430 e. The van der Waals surface area contributed by atoms with Crippen molar-refractivity contribution in [2.45, 2.75) is 50.6 Å². The Kier molecular flexibility index (Phi) is 5.09. The number of amides is 1. The van der Waals surface area contributed by atoms with Crippen LogP contribution < -0.4 is 4.90 Å². The molecule has 1 aliphatic heterocycles. The lowest BCUT2D eigenvalue weighted by Gasteiger charge is -2.33. The minimum Gasteiger partial charge on any atom is -0.369 e. The van der Waals surface area contributed by atoms with Crippen LogP contribution in [0.4, 0.5) is 32.0 Å². The van der Waals surface area contributed by atoms with Gasteiger partial charge in [0.2, 0.25) is 5.91 Å². The molecule has 2 rings (SSSR count). The smallest absolute Gasteiger partial charge is 0.369 e. The summed E-state index contributed by atoms with van der Waals surface area (Å²) in [5, 5.41) is 9.52. The van der Waals surface area contributed by atoms with Gasteiger partial charge >= 0.3 is 12.4 Å². The number of fused-ring (bicyclic) bond motifs is 1. The first-order valence-electron chi connectivity index (χ1n) is 7.73. The molecule has 9 heteroatoms. The van der Waals surface area contributed by atoms with E-state index in [1.807, 2.05) is 0 Å². The highest BCUT2D eigenvalue weighted by Crippen LogP contribution is 2.50. The summed E-state index contributed by atoms with van der Waals surface area (Å²) in [6, 6.07) is 2.34. The number of aryl methyl sites for hydroxylation is 1. The Morgan fingerprint density at radius 2 is 1.72 bits per heavy atom. The first-order valence-corrected chi connectivity index (χ1v) is 7.73. The number of carbonyl (C=O) groups is 1. The Morgan fingerprint density at radius 3 is 2.24 bits per heavy atom. The van der Waals surface area contributed by atoms with Gasteiger partial charge in [-0.05, 0) is 30.9 Å². The van der Waals surface area contributed by atoms with Crippen LogP contribution in [-0.4, -0.2) is 29.9 Å². The molecular weight excluding hydrogens is 352 g/mol. The number of hydrogen-bond acceptors (Lipinski definition) is 2. The van der Waals surface area contributed by atoms with Crippen molar-refractivity contribution in [2.24, 2.45) is 0 Å². The maximum Gasteiger partial charge on any atom is 0.430 e. The summed E-state index contributed by atoms with van der Waals surface area (Å²) in [5.74, 6) is -0.266. The van der Waals surface area contributed by atoms with Gasteiger partial charge in [-0.25, -0.2) is 0 Å². The van der Waals surface area contributed by atoms with E-state index in [2.05, 4.69) is 0 Å². The second kappa shape index (κ2) is 6.51. The third kappa shape index (κ3) is 3.33. The quantitative estimate of drug-likeness (QED) is 0.798. The van der Waals surface area contributed by atoms with Crippen LogP contribution in [0, 0.1) is 0 Å². The van der Waals surface area contributed by atoms with Crippen molar-refractivity contribution < 1.29 is 36.2 Å². The molecule has 3 nitrogen and oxygen atoms in total. The van der Waals surface area contributed by atoms with Crippen molar-refractivity contribution in [3.05, 3.63) is 29.3 Å². The van der Waals surface area contributed by atoms with Crippen molar-refractivity contribution in [3.63, 3.8) is 0 Å². The zero-order chi connectivity index (χ0) is 19.0. The van der Waals surface area contributed by atoms with E-state index in [1.54, 1.807) is 6.92 Å². The van der Waals surface area contributed by atoms with E-state index in [-0.39, 0.29) is 24.3 Å². The van der Waals surface area contributed by atoms with E-state index in [4.69, 9.17) is 0 Å². The summed E-state index contributed by atoms with van der Waals surface area (Å²) >= 11 is 0. The monoisotopic (exact) mass is 369 g/mol. The van der Waals surface area contributed by atoms with Crippen LogP contribution in [0.2, 0.25) is 0 Å². The summed E-state index contributed by atoms with van der Waals surface area (Å²) < 4.78 is 78.1. The van der Waals surface area contributed by atoms with Gasteiger partial charge in [0.05, 0.1) is 0 Å². The van der Waals surface area contributed by atoms with Gasteiger partial charge in [-0.3, -0.25) is 4.79 Å². The average Bonchev–Trinajstić information content (AvgIpc) is 2.72. The molecule has 1 aromatic carbocycles. The Hall–Kier alpha value is -1.77. The number of anilines is 1.